The third kappa shape index (κ3) is 8.59. The van der Waals surface area contributed by atoms with Crippen molar-refractivity contribution in [3.63, 3.8) is 0 Å². The van der Waals surface area contributed by atoms with E-state index in [1.165, 1.54) is 181 Å². The summed E-state index contributed by atoms with van der Waals surface area (Å²) in [6.07, 6.45) is 0. The van der Waals surface area contributed by atoms with Gasteiger partial charge in [-0.2, -0.15) is 0 Å². The van der Waals surface area contributed by atoms with E-state index in [1.54, 1.807) is 0 Å². The molecule has 6 heterocycles. The molecule has 6 aromatic heterocycles. The highest BCUT2D eigenvalue weighted by atomic mass is 15.0. The second-order valence-corrected chi connectivity index (χ2v) is 28.7. The van der Waals surface area contributed by atoms with E-state index >= 15 is 0 Å². The van der Waals surface area contributed by atoms with E-state index in [-0.39, 0.29) is 5.41 Å². The molecule has 0 bridgehead atoms. The van der Waals surface area contributed by atoms with Crippen molar-refractivity contribution in [2.24, 2.45) is 0 Å². The SMILES string of the molecule is CC1(C)c2ccccc2-c2ccc(-n3c4ccccc4c4cc(-n5c6ccccc6c6c5ccc5c7ccccc7n(-c7ccccc7)c56)ccc43)cc21.c1ccc(-c2ccc(-n3c4ccccc4c4cc(-n5c6ccccc6c6c5ccc5c7ccccc7n(-c7ccccc7)c56)ccc43)cc2)cc1. The van der Waals surface area contributed by atoms with Gasteiger partial charge in [0, 0.05) is 104 Å². The molecule has 1 aliphatic carbocycles. The second kappa shape index (κ2) is 22.7. The van der Waals surface area contributed by atoms with Crippen molar-refractivity contribution >= 4 is 131 Å². The summed E-state index contributed by atoms with van der Waals surface area (Å²) in [6.45, 7) is 4.72. The topological polar surface area (TPSA) is 29.6 Å². The maximum atomic E-state index is 2.47. The van der Waals surface area contributed by atoms with Gasteiger partial charge in [0.15, 0.2) is 0 Å². The quantitative estimate of drug-likeness (QED) is 0.152. The summed E-state index contributed by atoms with van der Waals surface area (Å²) in [5, 5.41) is 15.1. The maximum absolute atomic E-state index is 2.47. The van der Waals surface area contributed by atoms with E-state index in [0.29, 0.717) is 0 Å². The molecule has 22 aromatic rings. The highest BCUT2D eigenvalue weighted by Crippen LogP contribution is 2.51. The average Bonchev–Trinajstić information content (AvgIpc) is 1.55. The van der Waals surface area contributed by atoms with Crippen LogP contribution in [0.5, 0.6) is 0 Å². The number of hydrogen-bond donors (Lipinski definition) is 0. The van der Waals surface area contributed by atoms with Gasteiger partial charge in [-0.25, -0.2) is 0 Å². The minimum absolute atomic E-state index is 0.0674. The van der Waals surface area contributed by atoms with Gasteiger partial charge in [0.2, 0.25) is 0 Å². The molecular weight excluding hydrogens is 1270 g/mol. The smallest absolute Gasteiger partial charge is 0.0641 e. The predicted molar refractivity (Wildman–Crippen MR) is 442 cm³/mol. The van der Waals surface area contributed by atoms with E-state index in [4.69, 9.17) is 0 Å². The van der Waals surface area contributed by atoms with E-state index in [1.807, 2.05) is 0 Å². The first kappa shape index (κ1) is 59.0. The number of para-hydroxylation sites is 8. The average molecular weight is 1340 g/mol. The summed E-state index contributed by atoms with van der Waals surface area (Å²) >= 11 is 0. The van der Waals surface area contributed by atoms with Crippen LogP contribution < -0.4 is 0 Å². The van der Waals surface area contributed by atoms with Crippen molar-refractivity contribution in [2.45, 2.75) is 19.3 Å². The van der Waals surface area contributed by atoms with Crippen molar-refractivity contribution in [1.29, 1.82) is 0 Å². The number of rotatable bonds is 7. The van der Waals surface area contributed by atoms with Gasteiger partial charge in [-0.05, 0) is 167 Å². The van der Waals surface area contributed by atoms with E-state index in [2.05, 4.69) is 405 Å². The fourth-order valence-electron chi connectivity index (χ4n) is 18.3. The van der Waals surface area contributed by atoms with Crippen LogP contribution in [0.2, 0.25) is 0 Å². The van der Waals surface area contributed by atoms with E-state index < -0.39 is 0 Å². The molecule has 0 fully saturated rings. The first-order valence-corrected chi connectivity index (χ1v) is 36.4. The zero-order valence-electron chi connectivity index (χ0n) is 57.8. The van der Waals surface area contributed by atoms with Crippen LogP contribution in [0.15, 0.2) is 364 Å². The molecule has 0 amide bonds. The Balaban J connectivity index is 0.000000132. The molecule has 0 spiro atoms. The molecule has 0 N–H and O–H groups in total. The highest BCUT2D eigenvalue weighted by Gasteiger charge is 2.36. The van der Waals surface area contributed by atoms with E-state index in [0.717, 1.165) is 17.1 Å². The monoisotopic (exact) mass is 1340 g/mol. The summed E-state index contributed by atoms with van der Waals surface area (Å²) < 4.78 is 14.7. The standard InChI is InChI=1S/C51H35N3.C48H31N3/c1-51(2)42-20-10-6-16-35(42)36-26-24-34(31-43(36)51)52-44-21-11-8-18-38(44)41-30-33(25-28-47(41)52)53-46-23-13-9-19-40(46)49-48(53)29-27-39-37-17-7-12-22-45(37)54(50(39)49)32-14-4-3-5-15-32;1-3-13-32(14-4-1)33-23-25-35(26-24-33)49-42-20-10-8-18-38(42)41-31-36(27-29-45(41)49)50-44-22-12-9-19-40(44)47-46(50)30-28-39-37-17-7-11-21-43(37)51(48(39)47)34-15-5-2-6-16-34/h3-31H,1-2H3;1-31H. The van der Waals surface area contributed by atoms with Crippen LogP contribution in [0.1, 0.15) is 25.0 Å². The third-order valence-electron chi connectivity index (χ3n) is 22.9. The van der Waals surface area contributed by atoms with Crippen molar-refractivity contribution in [3.05, 3.63) is 375 Å². The summed E-state index contributed by atoms with van der Waals surface area (Å²) in [4.78, 5) is 0. The third-order valence-corrected chi connectivity index (χ3v) is 22.9. The fourth-order valence-corrected chi connectivity index (χ4v) is 18.3. The van der Waals surface area contributed by atoms with Crippen LogP contribution in [0, 0.1) is 0 Å². The Bertz CT molecular complexity index is 7340. The number of fused-ring (bicyclic) bond motifs is 23. The molecule has 23 rings (SSSR count). The summed E-state index contributed by atoms with van der Waals surface area (Å²) in [5.74, 6) is 0. The first-order valence-electron chi connectivity index (χ1n) is 36.4. The minimum atomic E-state index is -0.0674. The van der Waals surface area contributed by atoms with Crippen molar-refractivity contribution < 1.29 is 0 Å². The lowest BCUT2D eigenvalue weighted by molar-refractivity contribution is 0.660. The van der Waals surface area contributed by atoms with Crippen molar-refractivity contribution in [2.75, 3.05) is 0 Å². The molecule has 0 radical (unpaired) electrons. The van der Waals surface area contributed by atoms with Crippen molar-refractivity contribution in [3.8, 4) is 56.4 Å². The molecule has 492 valence electrons. The van der Waals surface area contributed by atoms with Gasteiger partial charge in [-0.1, -0.05) is 244 Å². The second-order valence-electron chi connectivity index (χ2n) is 28.7. The van der Waals surface area contributed by atoms with Gasteiger partial charge in [0.1, 0.15) is 0 Å². The summed E-state index contributed by atoms with van der Waals surface area (Å²) in [7, 11) is 0. The van der Waals surface area contributed by atoms with Gasteiger partial charge in [-0.3, -0.25) is 0 Å². The Morgan fingerprint density at radius 2 is 0.486 bits per heavy atom. The molecule has 0 saturated heterocycles. The van der Waals surface area contributed by atoms with Gasteiger partial charge in [-0.15, -0.1) is 0 Å². The van der Waals surface area contributed by atoms with Gasteiger partial charge in [0.25, 0.3) is 0 Å². The molecule has 6 heteroatoms. The molecule has 1 aliphatic rings. The first-order chi connectivity index (χ1) is 51.9. The van der Waals surface area contributed by atoms with Gasteiger partial charge >= 0.3 is 0 Å². The molecular formula is C99H66N6. The number of aromatic nitrogens is 6. The summed E-state index contributed by atoms with van der Waals surface area (Å²) in [5.41, 5.74) is 29.4. The van der Waals surface area contributed by atoms with Crippen LogP contribution >= 0.6 is 0 Å². The Morgan fingerprint density at radius 1 is 0.181 bits per heavy atom. The fraction of sp³-hybridized carbons (Fsp3) is 0.0303. The lowest BCUT2D eigenvalue weighted by atomic mass is 9.82. The highest BCUT2D eigenvalue weighted by molar-refractivity contribution is 6.28. The molecule has 0 unspecified atom stereocenters. The lowest BCUT2D eigenvalue weighted by Gasteiger charge is -2.22. The van der Waals surface area contributed by atoms with Crippen LogP contribution in [-0.4, -0.2) is 27.4 Å². The van der Waals surface area contributed by atoms with Crippen molar-refractivity contribution in [1.82, 2.24) is 27.4 Å². The largest absolute Gasteiger partial charge is 0.309 e. The van der Waals surface area contributed by atoms with Crippen LogP contribution in [-0.2, 0) is 5.41 Å². The normalized spacial score (nSPS) is 12.7. The Morgan fingerprint density at radius 3 is 0.971 bits per heavy atom. The number of benzene rings is 16. The molecule has 0 aliphatic heterocycles. The Labute approximate surface area is 605 Å². The maximum Gasteiger partial charge on any atom is 0.0641 e. The number of hydrogen-bond acceptors (Lipinski definition) is 0. The number of nitrogens with zero attached hydrogens (tertiary/aromatic N) is 6. The van der Waals surface area contributed by atoms with Crippen LogP contribution in [0.3, 0.4) is 0 Å². The zero-order chi connectivity index (χ0) is 69.2. The molecule has 0 saturated carbocycles. The van der Waals surface area contributed by atoms with Crippen LogP contribution in [0.25, 0.3) is 187 Å². The molecule has 105 heavy (non-hydrogen) atoms. The predicted octanol–water partition coefficient (Wildman–Crippen LogP) is 25.9. The molecule has 0 atom stereocenters. The van der Waals surface area contributed by atoms with E-state index in [9.17, 15) is 0 Å². The molecule has 16 aromatic carbocycles. The minimum Gasteiger partial charge on any atom is -0.309 e. The lowest BCUT2D eigenvalue weighted by Crippen LogP contribution is -2.15. The zero-order valence-corrected chi connectivity index (χ0v) is 57.8. The summed E-state index contributed by atoms with van der Waals surface area (Å²) in [6, 6.07) is 133. The molecule has 6 nitrogen and oxygen atoms in total. The Hall–Kier alpha value is -13.7. The van der Waals surface area contributed by atoms with Gasteiger partial charge in [0.05, 0.1) is 66.2 Å². The van der Waals surface area contributed by atoms with Gasteiger partial charge < -0.3 is 27.4 Å². The van der Waals surface area contributed by atoms with Crippen LogP contribution in [0.4, 0.5) is 0 Å². The Kier molecular flexibility index (Phi) is 12.7.